The Bertz CT molecular complexity index is 665. The predicted molar refractivity (Wildman–Crippen MR) is 104 cm³/mol. The van der Waals surface area contributed by atoms with Crippen molar-refractivity contribution in [2.45, 2.75) is 56.8 Å². The molecule has 6 nitrogen and oxygen atoms in total. The summed E-state index contributed by atoms with van der Waals surface area (Å²) in [5, 5.41) is 4.01. The van der Waals surface area contributed by atoms with Gasteiger partial charge in [0.2, 0.25) is 0 Å². The number of rotatable bonds is 6. The number of thioether (sulfide) groups is 1. The fraction of sp³-hybridized carbons (Fsp3) is 0.800. The third kappa shape index (κ3) is 4.05. The van der Waals surface area contributed by atoms with Gasteiger partial charge in [0.1, 0.15) is 11.3 Å². The lowest BCUT2D eigenvalue weighted by atomic mass is 9.91. The van der Waals surface area contributed by atoms with Crippen LogP contribution in [0.25, 0.3) is 0 Å². The van der Waals surface area contributed by atoms with Crippen molar-refractivity contribution in [2.24, 2.45) is 5.92 Å². The highest BCUT2D eigenvalue weighted by Gasteiger charge is 2.51. The fourth-order valence-corrected chi connectivity index (χ4v) is 5.91. The van der Waals surface area contributed by atoms with Crippen LogP contribution < -0.4 is 0 Å². The van der Waals surface area contributed by atoms with Crippen LogP contribution in [0, 0.1) is 12.8 Å². The summed E-state index contributed by atoms with van der Waals surface area (Å²) in [6.07, 6.45) is 5.31. The maximum Gasteiger partial charge on any atom is 0.259 e. The Kier molecular flexibility index (Phi) is 5.81. The molecular weight excluding hydrogens is 364 g/mol. The molecule has 0 N–H and O–H groups in total. The van der Waals surface area contributed by atoms with Gasteiger partial charge in [-0.2, -0.15) is 0 Å². The van der Waals surface area contributed by atoms with Crippen LogP contribution in [0.2, 0.25) is 0 Å². The molecule has 3 aliphatic rings. The van der Waals surface area contributed by atoms with Crippen LogP contribution in [0.1, 0.15) is 54.4 Å². The van der Waals surface area contributed by atoms with Crippen molar-refractivity contribution in [3.63, 3.8) is 0 Å². The Morgan fingerprint density at radius 2 is 2.15 bits per heavy atom. The molecule has 3 fully saturated rings. The lowest BCUT2D eigenvalue weighted by Crippen LogP contribution is -2.60. The van der Waals surface area contributed by atoms with Crippen molar-refractivity contribution in [1.29, 1.82) is 0 Å². The van der Waals surface area contributed by atoms with Crippen molar-refractivity contribution in [3.8, 4) is 0 Å². The number of aryl methyl sites for hydroxylation is 2. The maximum absolute atomic E-state index is 12.9. The van der Waals surface area contributed by atoms with Crippen LogP contribution in [0.15, 0.2) is 4.52 Å². The molecule has 0 aromatic carbocycles. The molecule has 7 heteroatoms. The molecule has 0 saturated carbocycles. The molecular formula is C20H30N2O4S. The van der Waals surface area contributed by atoms with E-state index < -0.39 is 0 Å². The van der Waals surface area contributed by atoms with Crippen molar-refractivity contribution < 1.29 is 18.8 Å². The van der Waals surface area contributed by atoms with Crippen LogP contribution in [0.5, 0.6) is 0 Å². The standard InChI is InChI=1S/C20H30N2O4S/c1-3-4-17-18(14(2)21-26-17)19(23)22-12-20(13-22)9-16(11-27-20)25-10-15-5-7-24-8-6-15/h15-16H,3-13H2,1-2H3/t16-/m1/s1. The normalized spacial score (nSPS) is 25.1. The fourth-order valence-electron chi connectivity index (χ4n) is 4.35. The number of likely N-dealkylation sites (tertiary alicyclic amines) is 1. The zero-order valence-electron chi connectivity index (χ0n) is 16.4. The summed E-state index contributed by atoms with van der Waals surface area (Å²) < 4.78 is 17.2. The van der Waals surface area contributed by atoms with Gasteiger partial charge in [-0.05, 0) is 38.5 Å². The molecule has 1 aromatic rings. The van der Waals surface area contributed by atoms with E-state index in [4.69, 9.17) is 14.0 Å². The molecule has 0 radical (unpaired) electrons. The number of hydrogen-bond acceptors (Lipinski definition) is 6. The van der Waals surface area contributed by atoms with E-state index in [1.54, 1.807) is 0 Å². The van der Waals surface area contributed by atoms with E-state index >= 15 is 0 Å². The lowest BCUT2D eigenvalue weighted by Gasteiger charge is -2.47. The summed E-state index contributed by atoms with van der Waals surface area (Å²) in [6.45, 7) is 8.16. The van der Waals surface area contributed by atoms with Gasteiger partial charge in [0.25, 0.3) is 5.91 Å². The van der Waals surface area contributed by atoms with Gasteiger partial charge in [-0.15, -0.1) is 11.8 Å². The lowest BCUT2D eigenvalue weighted by molar-refractivity contribution is -0.0118. The number of hydrogen-bond donors (Lipinski definition) is 0. The molecule has 1 amide bonds. The van der Waals surface area contributed by atoms with Gasteiger partial charge in [0.15, 0.2) is 0 Å². The molecule has 27 heavy (non-hydrogen) atoms. The van der Waals surface area contributed by atoms with Gasteiger partial charge in [-0.3, -0.25) is 4.79 Å². The Morgan fingerprint density at radius 3 is 2.89 bits per heavy atom. The SMILES string of the molecule is CCCc1onc(C)c1C(=O)N1CC2(C[C@@H](OCC3CCOCC3)CS2)C1. The molecule has 1 spiro atoms. The molecule has 4 rings (SSSR count). The number of carbonyl (C=O) groups is 1. The molecule has 0 aliphatic carbocycles. The van der Waals surface area contributed by atoms with Crippen LogP contribution in [-0.2, 0) is 15.9 Å². The highest BCUT2D eigenvalue weighted by Crippen LogP contribution is 2.46. The Labute approximate surface area is 165 Å². The zero-order chi connectivity index (χ0) is 18.9. The zero-order valence-corrected chi connectivity index (χ0v) is 17.2. The number of aromatic nitrogens is 1. The molecule has 3 saturated heterocycles. The van der Waals surface area contributed by atoms with Crippen LogP contribution >= 0.6 is 11.8 Å². The van der Waals surface area contributed by atoms with E-state index in [-0.39, 0.29) is 10.7 Å². The number of carbonyl (C=O) groups excluding carboxylic acids is 1. The minimum absolute atomic E-state index is 0.0787. The Hall–Kier alpha value is -1.05. The maximum atomic E-state index is 12.9. The van der Waals surface area contributed by atoms with E-state index in [9.17, 15) is 4.79 Å². The smallest absolute Gasteiger partial charge is 0.259 e. The van der Waals surface area contributed by atoms with Gasteiger partial charge in [-0.25, -0.2) is 0 Å². The molecule has 3 aliphatic heterocycles. The van der Waals surface area contributed by atoms with Crippen molar-refractivity contribution in [3.05, 3.63) is 17.0 Å². The minimum Gasteiger partial charge on any atom is -0.381 e. The first-order valence-electron chi connectivity index (χ1n) is 10.2. The predicted octanol–water partition coefficient (Wildman–Crippen LogP) is 3.08. The van der Waals surface area contributed by atoms with Crippen LogP contribution in [0.4, 0.5) is 0 Å². The quantitative estimate of drug-likeness (QED) is 0.739. The van der Waals surface area contributed by atoms with Crippen molar-refractivity contribution in [1.82, 2.24) is 10.1 Å². The summed E-state index contributed by atoms with van der Waals surface area (Å²) in [5.41, 5.74) is 1.39. The van der Waals surface area contributed by atoms with Crippen molar-refractivity contribution >= 4 is 17.7 Å². The second kappa shape index (κ2) is 8.13. The summed E-state index contributed by atoms with van der Waals surface area (Å²) in [6, 6.07) is 0. The third-order valence-electron chi connectivity index (χ3n) is 5.95. The number of ether oxygens (including phenoxy) is 2. The summed E-state index contributed by atoms with van der Waals surface area (Å²) in [4.78, 5) is 14.9. The molecule has 150 valence electrons. The second-order valence-electron chi connectivity index (χ2n) is 8.19. The second-order valence-corrected chi connectivity index (χ2v) is 9.67. The summed E-state index contributed by atoms with van der Waals surface area (Å²) in [7, 11) is 0. The van der Waals surface area contributed by atoms with Crippen LogP contribution in [0.3, 0.4) is 0 Å². The van der Waals surface area contributed by atoms with E-state index in [1.165, 1.54) is 0 Å². The van der Waals surface area contributed by atoms with E-state index in [0.717, 1.165) is 76.5 Å². The van der Waals surface area contributed by atoms with Gasteiger partial charge in [0.05, 0.1) is 16.5 Å². The summed E-state index contributed by atoms with van der Waals surface area (Å²) in [5.74, 6) is 2.50. The average Bonchev–Trinajstić information content (AvgIpc) is 3.24. The Balaban J connectivity index is 1.28. The first-order valence-corrected chi connectivity index (χ1v) is 11.2. The topological polar surface area (TPSA) is 64.8 Å². The van der Waals surface area contributed by atoms with E-state index in [1.807, 2.05) is 23.6 Å². The highest BCUT2D eigenvalue weighted by atomic mass is 32.2. The highest BCUT2D eigenvalue weighted by molar-refractivity contribution is 8.01. The molecule has 0 bridgehead atoms. The summed E-state index contributed by atoms with van der Waals surface area (Å²) >= 11 is 1.98. The van der Waals surface area contributed by atoms with Gasteiger partial charge in [-0.1, -0.05) is 12.1 Å². The van der Waals surface area contributed by atoms with E-state index in [0.29, 0.717) is 23.3 Å². The first-order chi connectivity index (χ1) is 13.1. The molecule has 1 atom stereocenters. The number of nitrogens with zero attached hydrogens (tertiary/aromatic N) is 2. The largest absolute Gasteiger partial charge is 0.381 e. The molecule has 4 heterocycles. The molecule has 1 aromatic heterocycles. The van der Waals surface area contributed by atoms with Crippen LogP contribution in [-0.4, -0.2) is 65.5 Å². The third-order valence-corrected chi connectivity index (χ3v) is 7.53. The minimum atomic E-state index is 0.0787. The monoisotopic (exact) mass is 394 g/mol. The average molecular weight is 395 g/mol. The first kappa shape index (κ1) is 19.3. The van der Waals surface area contributed by atoms with Gasteiger partial charge < -0.3 is 18.9 Å². The Morgan fingerprint density at radius 1 is 1.37 bits per heavy atom. The van der Waals surface area contributed by atoms with E-state index in [2.05, 4.69) is 12.1 Å². The number of amides is 1. The van der Waals surface area contributed by atoms with Gasteiger partial charge >= 0.3 is 0 Å². The van der Waals surface area contributed by atoms with Crippen molar-refractivity contribution in [2.75, 3.05) is 38.7 Å². The van der Waals surface area contributed by atoms with Gasteiger partial charge in [0, 0.05) is 45.1 Å². The molecule has 0 unspecified atom stereocenters.